The first-order chi connectivity index (χ1) is 11.2. The van der Waals surface area contributed by atoms with E-state index in [9.17, 15) is 0 Å². The van der Waals surface area contributed by atoms with Crippen molar-refractivity contribution in [1.29, 1.82) is 10.5 Å². The van der Waals surface area contributed by atoms with Crippen molar-refractivity contribution in [2.75, 3.05) is 29.0 Å². The van der Waals surface area contributed by atoms with Crippen molar-refractivity contribution >= 4 is 17.3 Å². The second-order valence-corrected chi connectivity index (χ2v) is 4.91. The third kappa shape index (κ3) is 3.86. The lowest BCUT2D eigenvalue weighted by atomic mass is 10.1. The van der Waals surface area contributed by atoms with Gasteiger partial charge in [0.1, 0.15) is 25.1 Å². The second kappa shape index (κ2) is 7.62. The summed E-state index contributed by atoms with van der Waals surface area (Å²) in [6.45, 7) is 2.06. The maximum atomic E-state index is 8.88. The normalized spacial score (nSPS) is 11.1. The minimum atomic E-state index is 0.00151. The fourth-order valence-corrected chi connectivity index (χ4v) is 2.16. The Morgan fingerprint density at radius 3 is 2.43 bits per heavy atom. The van der Waals surface area contributed by atoms with E-state index >= 15 is 0 Å². The highest BCUT2D eigenvalue weighted by Crippen LogP contribution is 2.28. The van der Waals surface area contributed by atoms with E-state index in [4.69, 9.17) is 16.3 Å². The molecule has 1 heterocycles. The fraction of sp³-hybridized carbons (Fsp3) is 0.250. The molecule has 7 heteroatoms. The average molecular weight is 307 g/mol. The molecular weight excluding hydrogens is 290 g/mol. The summed E-state index contributed by atoms with van der Waals surface area (Å²) in [6, 6.07) is 13.9. The summed E-state index contributed by atoms with van der Waals surface area (Å²) in [5, 5.41) is 21.0. The number of nitriles is 2. The van der Waals surface area contributed by atoms with Gasteiger partial charge < -0.3 is 16.0 Å². The zero-order valence-corrected chi connectivity index (χ0v) is 12.8. The summed E-state index contributed by atoms with van der Waals surface area (Å²) in [4.78, 5) is 9.78. The van der Waals surface area contributed by atoms with E-state index in [1.54, 1.807) is 0 Å². The number of benzene rings is 1. The summed E-state index contributed by atoms with van der Waals surface area (Å²) in [5.41, 5.74) is 7.54. The molecule has 116 valence electrons. The third-order valence-corrected chi connectivity index (χ3v) is 3.34. The van der Waals surface area contributed by atoms with Gasteiger partial charge in [0.05, 0.1) is 18.2 Å². The van der Waals surface area contributed by atoms with Crippen LogP contribution in [0.1, 0.15) is 18.5 Å². The van der Waals surface area contributed by atoms with Crippen molar-refractivity contribution in [1.82, 2.24) is 9.97 Å². The second-order valence-electron chi connectivity index (χ2n) is 4.91. The Morgan fingerprint density at radius 1 is 1.17 bits per heavy atom. The summed E-state index contributed by atoms with van der Waals surface area (Å²) in [7, 11) is 0. The van der Waals surface area contributed by atoms with Gasteiger partial charge in [-0.05, 0) is 12.5 Å². The molecule has 7 nitrogen and oxygen atoms in total. The molecule has 1 aromatic heterocycles. The Hall–Kier alpha value is -3.32. The van der Waals surface area contributed by atoms with Gasteiger partial charge in [-0.25, -0.2) is 9.97 Å². The van der Waals surface area contributed by atoms with Gasteiger partial charge in [0.25, 0.3) is 0 Å². The van der Waals surface area contributed by atoms with Crippen molar-refractivity contribution in [3.63, 3.8) is 0 Å². The minimum absolute atomic E-state index is 0.00151. The molecule has 3 N–H and O–H groups in total. The zero-order valence-electron chi connectivity index (χ0n) is 12.8. The van der Waals surface area contributed by atoms with E-state index in [-0.39, 0.29) is 19.1 Å². The molecule has 0 fully saturated rings. The molecule has 0 aliphatic carbocycles. The Kier molecular flexibility index (Phi) is 5.32. The monoisotopic (exact) mass is 307 g/mol. The van der Waals surface area contributed by atoms with Crippen LogP contribution in [0.3, 0.4) is 0 Å². The Morgan fingerprint density at radius 2 is 1.83 bits per heavy atom. The molecular formula is C16H17N7. The predicted molar refractivity (Wildman–Crippen MR) is 88.4 cm³/mol. The summed E-state index contributed by atoms with van der Waals surface area (Å²) in [5.74, 6) is 0.859. The van der Waals surface area contributed by atoms with Gasteiger partial charge in [-0.2, -0.15) is 10.5 Å². The summed E-state index contributed by atoms with van der Waals surface area (Å²) in [6.07, 6.45) is 1.37. The number of hydrogen-bond donors (Lipinski definition) is 2. The highest BCUT2D eigenvalue weighted by atomic mass is 15.2. The van der Waals surface area contributed by atoms with Gasteiger partial charge in [0.2, 0.25) is 0 Å². The van der Waals surface area contributed by atoms with Crippen LogP contribution in [0, 0.1) is 22.7 Å². The number of anilines is 3. The standard InChI is InChI=1S/C16H17N7/c1-12(13-5-3-2-4-6-13)22-15-14(19)16(21-11-20-15)23(9-7-17)10-8-18/h2-6,11-12H,9-10,19H2,1H3,(H,20,21,22). The molecule has 1 aromatic carbocycles. The van der Waals surface area contributed by atoms with Gasteiger partial charge in [-0.3, -0.25) is 0 Å². The Bertz CT molecular complexity index is 714. The van der Waals surface area contributed by atoms with Gasteiger partial charge in [-0.1, -0.05) is 30.3 Å². The first kappa shape index (κ1) is 16.1. The first-order valence-electron chi connectivity index (χ1n) is 7.08. The van der Waals surface area contributed by atoms with Crippen molar-refractivity contribution in [3.05, 3.63) is 42.2 Å². The van der Waals surface area contributed by atoms with Crippen LogP contribution in [0.4, 0.5) is 17.3 Å². The SMILES string of the molecule is CC(Nc1ncnc(N(CC#N)CC#N)c1N)c1ccccc1. The number of nitrogens with zero attached hydrogens (tertiary/aromatic N) is 5. The highest BCUT2D eigenvalue weighted by Gasteiger charge is 2.16. The molecule has 0 radical (unpaired) electrons. The molecule has 0 amide bonds. The number of nitrogens with one attached hydrogen (secondary N) is 1. The van der Waals surface area contributed by atoms with Crippen LogP contribution in [-0.2, 0) is 0 Å². The van der Waals surface area contributed by atoms with E-state index in [0.717, 1.165) is 5.56 Å². The van der Waals surface area contributed by atoms with Crippen LogP contribution in [-0.4, -0.2) is 23.1 Å². The Balaban J connectivity index is 2.26. The lowest BCUT2D eigenvalue weighted by Crippen LogP contribution is -2.26. The fourth-order valence-electron chi connectivity index (χ4n) is 2.16. The van der Waals surface area contributed by atoms with Crippen LogP contribution in [0.5, 0.6) is 0 Å². The predicted octanol–water partition coefficient (Wildman–Crippen LogP) is 2.09. The first-order valence-corrected chi connectivity index (χ1v) is 7.08. The molecule has 0 spiro atoms. The minimum Gasteiger partial charge on any atom is -0.393 e. The highest BCUT2D eigenvalue weighted by molar-refractivity contribution is 5.75. The van der Waals surface area contributed by atoms with E-state index < -0.39 is 0 Å². The van der Waals surface area contributed by atoms with Gasteiger partial charge >= 0.3 is 0 Å². The Labute approximate surface area is 135 Å². The molecule has 23 heavy (non-hydrogen) atoms. The van der Waals surface area contributed by atoms with Gasteiger partial charge in [-0.15, -0.1) is 0 Å². The topological polar surface area (TPSA) is 115 Å². The molecule has 1 unspecified atom stereocenters. The van der Waals surface area contributed by atoms with Crippen LogP contribution >= 0.6 is 0 Å². The van der Waals surface area contributed by atoms with Crippen LogP contribution in [0.15, 0.2) is 36.7 Å². The average Bonchev–Trinajstić information content (AvgIpc) is 2.57. The molecule has 0 saturated heterocycles. The summed E-state index contributed by atoms with van der Waals surface area (Å²) < 4.78 is 0. The van der Waals surface area contributed by atoms with Crippen molar-refractivity contribution in [3.8, 4) is 12.1 Å². The van der Waals surface area contributed by atoms with E-state index in [0.29, 0.717) is 17.3 Å². The van der Waals surface area contributed by atoms with Crippen LogP contribution in [0.2, 0.25) is 0 Å². The molecule has 1 atom stereocenters. The van der Waals surface area contributed by atoms with Gasteiger partial charge in [0, 0.05) is 0 Å². The number of rotatable bonds is 6. The molecule has 2 rings (SSSR count). The molecule has 0 aliphatic heterocycles. The number of nitrogen functional groups attached to an aromatic ring is 1. The van der Waals surface area contributed by atoms with Crippen LogP contribution < -0.4 is 16.0 Å². The molecule has 0 aliphatic rings. The quantitative estimate of drug-likeness (QED) is 0.785. The lowest BCUT2D eigenvalue weighted by Gasteiger charge is -2.21. The van der Waals surface area contributed by atoms with E-state index in [2.05, 4.69) is 15.3 Å². The van der Waals surface area contributed by atoms with Crippen molar-refractivity contribution < 1.29 is 0 Å². The maximum Gasteiger partial charge on any atom is 0.159 e. The third-order valence-electron chi connectivity index (χ3n) is 3.34. The summed E-state index contributed by atoms with van der Waals surface area (Å²) >= 11 is 0. The number of nitrogens with two attached hydrogens (primary N) is 1. The molecule has 0 bridgehead atoms. The number of aromatic nitrogens is 2. The van der Waals surface area contributed by atoms with Gasteiger partial charge in [0.15, 0.2) is 11.6 Å². The lowest BCUT2D eigenvalue weighted by molar-refractivity contribution is 0.868. The van der Waals surface area contributed by atoms with Crippen molar-refractivity contribution in [2.45, 2.75) is 13.0 Å². The van der Waals surface area contributed by atoms with Crippen molar-refractivity contribution in [2.24, 2.45) is 0 Å². The molecule has 0 saturated carbocycles. The largest absolute Gasteiger partial charge is 0.393 e. The smallest absolute Gasteiger partial charge is 0.159 e. The number of hydrogen-bond acceptors (Lipinski definition) is 7. The van der Waals surface area contributed by atoms with E-state index in [1.165, 1.54) is 11.2 Å². The van der Waals surface area contributed by atoms with E-state index in [1.807, 2.05) is 49.4 Å². The molecule has 2 aromatic rings. The maximum absolute atomic E-state index is 8.88. The van der Waals surface area contributed by atoms with Crippen LogP contribution in [0.25, 0.3) is 0 Å². The zero-order chi connectivity index (χ0) is 16.7.